The molecule has 0 atom stereocenters. The predicted octanol–water partition coefficient (Wildman–Crippen LogP) is 6.13. The molecule has 6 heteroatoms. The van der Waals surface area contributed by atoms with Crippen LogP contribution in [-0.4, -0.2) is 32.0 Å². The zero-order valence-corrected chi connectivity index (χ0v) is 21.6. The number of rotatable bonds is 9. The molecule has 0 aromatic heterocycles. The minimum Gasteiger partial charge on any atom is -0.483 e. The Labute approximate surface area is 219 Å². The molecule has 0 aliphatic rings. The average molecular weight is 543 g/mol. The highest BCUT2D eigenvalue weighted by molar-refractivity contribution is 9.10. The summed E-state index contributed by atoms with van der Waals surface area (Å²) in [5, 5.41) is 2.95. The molecule has 2 amide bonds. The van der Waals surface area contributed by atoms with Gasteiger partial charge in [-0.15, -0.1) is 0 Å². The Morgan fingerprint density at radius 2 is 1.50 bits per heavy atom. The van der Waals surface area contributed by atoms with Crippen molar-refractivity contribution < 1.29 is 14.3 Å². The van der Waals surface area contributed by atoms with Crippen LogP contribution in [0.1, 0.15) is 15.9 Å². The minimum absolute atomic E-state index is 0.163. The van der Waals surface area contributed by atoms with Crippen LogP contribution in [0.15, 0.2) is 108 Å². The Morgan fingerprint density at radius 1 is 0.833 bits per heavy atom. The molecule has 1 N–H and O–H groups in total. The van der Waals surface area contributed by atoms with Gasteiger partial charge in [0.2, 0.25) is 0 Å². The van der Waals surface area contributed by atoms with Crippen LogP contribution in [0.2, 0.25) is 0 Å². The molecular formula is C30H27BrN2O3. The third kappa shape index (κ3) is 6.40. The largest absolute Gasteiger partial charge is 0.483 e. The molecule has 0 radical (unpaired) electrons. The average Bonchev–Trinajstić information content (AvgIpc) is 2.92. The SMILES string of the molecule is CN(C(=O)COc1ccc(-c2ccccc2)cc1Br)c1ccccc1C(=O)NCCc1ccccc1. The number of carbonyl (C=O) groups excluding carboxylic acids is 2. The van der Waals surface area contributed by atoms with Crippen molar-refractivity contribution >= 4 is 33.4 Å². The lowest BCUT2D eigenvalue weighted by Gasteiger charge is -2.21. The van der Waals surface area contributed by atoms with Crippen molar-refractivity contribution in [2.75, 3.05) is 25.1 Å². The van der Waals surface area contributed by atoms with Crippen LogP contribution in [0.25, 0.3) is 11.1 Å². The van der Waals surface area contributed by atoms with Gasteiger partial charge in [0.1, 0.15) is 5.75 Å². The van der Waals surface area contributed by atoms with Crippen molar-refractivity contribution in [3.8, 4) is 16.9 Å². The van der Waals surface area contributed by atoms with Crippen molar-refractivity contribution in [2.24, 2.45) is 0 Å². The fourth-order valence-electron chi connectivity index (χ4n) is 3.82. The molecule has 0 heterocycles. The number of amides is 2. The quantitative estimate of drug-likeness (QED) is 0.276. The van der Waals surface area contributed by atoms with Crippen LogP contribution in [0, 0.1) is 0 Å². The highest BCUT2D eigenvalue weighted by Crippen LogP contribution is 2.31. The third-order valence-corrected chi connectivity index (χ3v) is 6.44. The lowest BCUT2D eigenvalue weighted by molar-refractivity contribution is -0.120. The van der Waals surface area contributed by atoms with Crippen molar-refractivity contribution in [3.05, 3.63) is 119 Å². The van der Waals surface area contributed by atoms with Crippen LogP contribution in [0.5, 0.6) is 5.75 Å². The second-order valence-electron chi connectivity index (χ2n) is 8.26. The summed E-state index contributed by atoms with van der Waals surface area (Å²) >= 11 is 3.55. The molecule has 0 aliphatic heterocycles. The standard InChI is InChI=1S/C30H27BrN2O3/c1-33(27-15-9-8-14-25(27)30(35)32-19-18-22-10-4-2-5-11-22)29(34)21-36-28-17-16-24(20-26(28)31)23-12-6-3-7-13-23/h2-17,20H,18-19,21H2,1H3,(H,32,35). The molecule has 0 spiro atoms. The first-order valence-electron chi connectivity index (χ1n) is 11.7. The summed E-state index contributed by atoms with van der Waals surface area (Å²) in [4.78, 5) is 27.3. The van der Waals surface area contributed by atoms with Crippen LogP contribution >= 0.6 is 15.9 Å². The van der Waals surface area contributed by atoms with Crippen molar-refractivity contribution in [2.45, 2.75) is 6.42 Å². The van der Waals surface area contributed by atoms with E-state index < -0.39 is 0 Å². The van der Waals surface area contributed by atoms with E-state index in [9.17, 15) is 9.59 Å². The molecular weight excluding hydrogens is 516 g/mol. The highest BCUT2D eigenvalue weighted by atomic mass is 79.9. The lowest BCUT2D eigenvalue weighted by atomic mass is 10.1. The van der Waals surface area contributed by atoms with E-state index >= 15 is 0 Å². The molecule has 0 unspecified atom stereocenters. The van der Waals surface area contributed by atoms with E-state index in [1.54, 1.807) is 31.3 Å². The van der Waals surface area contributed by atoms with Gasteiger partial charge in [0.15, 0.2) is 6.61 Å². The molecule has 5 nitrogen and oxygen atoms in total. The van der Waals surface area contributed by atoms with Gasteiger partial charge in [-0.2, -0.15) is 0 Å². The Bertz CT molecular complexity index is 1330. The summed E-state index contributed by atoms with van der Waals surface area (Å²) in [6.45, 7) is 0.342. The molecule has 4 aromatic carbocycles. The number of nitrogens with zero attached hydrogens (tertiary/aromatic N) is 1. The van der Waals surface area contributed by atoms with Crippen LogP contribution in [0.3, 0.4) is 0 Å². The number of para-hydroxylation sites is 1. The summed E-state index contributed by atoms with van der Waals surface area (Å²) in [5.74, 6) is 0.0864. The van der Waals surface area contributed by atoms with Gasteiger partial charge in [-0.25, -0.2) is 0 Å². The van der Waals surface area contributed by atoms with E-state index in [1.807, 2.05) is 78.9 Å². The smallest absolute Gasteiger partial charge is 0.264 e. The number of benzene rings is 4. The van der Waals surface area contributed by atoms with Gasteiger partial charge >= 0.3 is 0 Å². The zero-order valence-electron chi connectivity index (χ0n) is 20.0. The van der Waals surface area contributed by atoms with E-state index in [4.69, 9.17) is 4.74 Å². The summed E-state index contributed by atoms with van der Waals surface area (Å²) in [5.41, 5.74) is 4.26. The summed E-state index contributed by atoms with van der Waals surface area (Å²) < 4.78 is 6.57. The maximum atomic E-state index is 12.9. The van der Waals surface area contributed by atoms with Gasteiger partial charge in [-0.05, 0) is 63.3 Å². The monoisotopic (exact) mass is 542 g/mol. The van der Waals surface area contributed by atoms with Crippen molar-refractivity contribution in [1.82, 2.24) is 5.32 Å². The van der Waals surface area contributed by atoms with Gasteiger partial charge in [0.05, 0.1) is 15.7 Å². The van der Waals surface area contributed by atoms with Crippen LogP contribution < -0.4 is 15.0 Å². The van der Waals surface area contributed by atoms with E-state index in [-0.39, 0.29) is 18.4 Å². The maximum Gasteiger partial charge on any atom is 0.264 e. The topological polar surface area (TPSA) is 58.6 Å². The molecule has 0 bridgehead atoms. The number of anilines is 1. The maximum absolute atomic E-state index is 12.9. The minimum atomic E-state index is -0.265. The summed E-state index contributed by atoms with van der Waals surface area (Å²) in [6.07, 6.45) is 0.731. The van der Waals surface area contributed by atoms with Gasteiger partial charge in [0.25, 0.3) is 11.8 Å². The van der Waals surface area contributed by atoms with Crippen LogP contribution in [0.4, 0.5) is 5.69 Å². The van der Waals surface area contributed by atoms with Crippen molar-refractivity contribution in [1.29, 1.82) is 0 Å². The van der Waals surface area contributed by atoms with Gasteiger partial charge in [-0.1, -0.05) is 78.9 Å². The fraction of sp³-hybridized carbons (Fsp3) is 0.133. The predicted molar refractivity (Wildman–Crippen MR) is 147 cm³/mol. The Balaban J connectivity index is 1.37. The molecule has 0 saturated heterocycles. The first kappa shape index (κ1) is 25.2. The van der Waals surface area contributed by atoms with E-state index in [2.05, 4.69) is 21.2 Å². The molecule has 4 rings (SSSR count). The van der Waals surface area contributed by atoms with E-state index in [0.29, 0.717) is 23.5 Å². The highest BCUT2D eigenvalue weighted by Gasteiger charge is 2.19. The van der Waals surface area contributed by atoms with Gasteiger partial charge in [0, 0.05) is 13.6 Å². The first-order valence-corrected chi connectivity index (χ1v) is 12.5. The second-order valence-corrected chi connectivity index (χ2v) is 9.12. The molecule has 0 aliphatic carbocycles. The second kappa shape index (κ2) is 12.2. The molecule has 182 valence electrons. The fourth-order valence-corrected chi connectivity index (χ4v) is 4.31. The molecule has 36 heavy (non-hydrogen) atoms. The number of carbonyl (C=O) groups is 2. The van der Waals surface area contributed by atoms with Gasteiger partial charge < -0.3 is 15.0 Å². The normalized spacial score (nSPS) is 10.5. The number of likely N-dealkylation sites (N-methyl/N-ethyl adjacent to an activating group) is 1. The number of nitrogens with one attached hydrogen (secondary N) is 1. The van der Waals surface area contributed by atoms with E-state index in [0.717, 1.165) is 27.6 Å². The Kier molecular flexibility index (Phi) is 8.53. The number of halogens is 1. The van der Waals surface area contributed by atoms with Crippen molar-refractivity contribution in [3.63, 3.8) is 0 Å². The molecule has 0 saturated carbocycles. The number of ether oxygens (including phenoxy) is 1. The summed E-state index contributed by atoms with van der Waals surface area (Å²) in [7, 11) is 1.65. The Hall–Kier alpha value is -3.90. The summed E-state index contributed by atoms with van der Waals surface area (Å²) in [6, 6.07) is 32.8. The first-order chi connectivity index (χ1) is 17.5. The van der Waals surface area contributed by atoms with E-state index in [1.165, 1.54) is 4.90 Å². The number of hydrogen-bond donors (Lipinski definition) is 1. The third-order valence-electron chi connectivity index (χ3n) is 5.82. The zero-order chi connectivity index (χ0) is 25.3. The Morgan fingerprint density at radius 3 is 2.22 bits per heavy atom. The molecule has 4 aromatic rings. The van der Waals surface area contributed by atoms with Gasteiger partial charge in [-0.3, -0.25) is 9.59 Å². The molecule has 0 fully saturated rings. The van der Waals surface area contributed by atoms with Crippen LogP contribution in [-0.2, 0) is 11.2 Å². The number of hydrogen-bond acceptors (Lipinski definition) is 3. The lowest BCUT2D eigenvalue weighted by Crippen LogP contribution is -2.34.